The molecule has 0 aliphatic rings. The second-order valence-corrected chi connectivity index (χ2v) is 3.91. The van der Waals surface area contributed by atoms with Crippen LogP contribution in [0.25, 0.3) is 0 Å². The van der Waals surface area contributed by atoms with Crippen LogP contribution in [0, 0.1) is 10.1 Å². The number of hydrogen-bond acceptors (Lipinski definition) is 4. The van der Waals surface area contributed by atoms with Crippen molar-refractivity contribution in [1.29, 1.82) is 0 Å². The molecule has 0 amide bonds. The predicted molar refractivity (Wildman–Crippen MR) is 62.5 cm³/mol. The van der Waals surface area contributed by atoms with Gasteiger partial charge in [-0.2, -0.15) is 13.2 Å². The number of nitrogens with zero attached hydrogens (tertiary/aromatic N) is 1. The van der Waals surface area contributed by atoms with Crippen LogP contribution >= 0.6 is 0 Å². The zero-order valence-electron chi connectivity index (χ0n) is 9.94. The minimum Gasteiger partial charge on any atom is -0.398 e. The van der Waals surface area contributed by atoms with E-state index in [0.29, 0.717) is 11.3 Å². The fourth-order valence-electron chi connectivity index (χ4n) is 1.39. The predicted octanol–water partition coefficient (Wildman–Crippen LogP) is 3.04. The van der Waals surface area contributed by atoms with Crippen LogP contribution in [0.15, 0.2) is 18.2 Å². The Labute approximate surface area is 107 Å². The minimum absolute atomic E-state index is 0.0502. The van der Waals surface area contributed by atoms with Crippen LogP contribution in [0.5, 0.6) is 0 Å². The highest BCUT2D eigenvalue weighted by Crippen LogP contribution is 2.22. The number of ether oxygens (including phenoxy) is 1. The number of rotatable bonds is 6. The number of nitro groups is 1. The maximum Gasteiger partial charge on any atom is 0.389 e. The second-order valence-electron chi connectivity index (χ2n) is 3.91. The number of benzene rings is 1. The third kappa shape index (κ3) is 5.56. The molecule has 0 fully saturated rings. The Morgan fingerprint density at radius 1 is 1.37 bits per heavy atom. The smallest absolute Gasteiger partial charge is 0.389 e. The van der Waals surface area contributed by atoms with Crippen LogP contribution in [-0.2, 0) is 11.3 Å². The lowest BCUT2D eigenvalue weighted by atomic mass is 10.1. The number of non-ortho nitro benzene ring substituents is 1. The Kier molecular flexibility index (Phi) is 5.11. The molecule has 0 aliphatic heterocycles. The van der Waals surface area contributed by atoms with Crippen molar-refractivity contribution < 1.29 is 22.8 Å². The van der Waals surface area contributed by atoms with Crippen molar-refractivity contribution in [3.63, 3.8) is 0 Å². The SMILES string of the molecule is Nc1ccc([N+](=O)[O-])cc1COCCCC(F)(F)F. The van der Waals surface area contributed by atoms with E-state index < -0.39 is 17.5 Å². The lowest BCUT2D eigenvalue weighted by molar-refractivity contribution is -0.384. The number of anilines is 1. The molecular formula is C11H13F3N2O3. The summed E-state index contributed by atoms with van der Waals surface area (Å²) in [7, 11) is 0. The molecule has 1 rings (SSSR count). The Bertz CT molecular complexity index is 449. The van der Waals surface area contributed by atoms with Crippen LogP contribution in [0.1, 0.15) is 18.4 Å². The molecule has 106 valence electrons. The zero-order chi connectivity index (χ0) is 14.5. The molecule has 0 bridgehead atoms. The molecule has 0 spiro atoms. The summed E-state index contributed by atoms with van der Waals surface area (Å²) in [5.41, 5.74) is 6.15. The van der Waals surface area contributed by atoms with E-state index in [2.05, 4.69) is 0 Å². The summed E-state index contributed by atoms with van der Waals surface area (Å²) in [6, 6.07) is 3.87. The molecule has 0 radical (unpaired) electrons. The molecule has 8 heteroatoms. The first kappa shape index (κ1) is 15.2. The van der Waals surface area contributed by atoms with E-state index in [4.69, 9.17) is 10.5 Å². The average Bonchev–Trinajstić information content (AvgIpc) is 2.29. The lowest BCUT2D eigenvalue weighted by Gasteiger charge is -2.08. The molecule has 0 heterocycles. The van der Waals surface area contributed by atoms with Crippen molar-refractivity contribution >= 4 is 11.4 Å². The molecule has 2 N–H and O–H groups in total. The molecule has 19 heavy (non-hydrogen) atoms. The number of hydrogen-bond donors (Lipinski definition) is 1. The van der Waals surface area contributed by atoms with Gasteiger partial charge in [0.15, 0.2) is 0 Å². The second kappa shape index (κ2) is 6.37. The maximum absolute atomic E-state index is 11.9. The van der Waals surface area contributed by atoms with Crippen molar-refractivity contribution in [1.82, 2.24) is 0 Å². The van der Waals surface area contributed by atoms with Crippen LogP contribution in [0.2, 0.25) is 0 Å². The molecule has 1 aromatic rings. The minimum atomic E-state index is -4.20. The standard InChI is InChI=1S/C11H13F3N2O3/c12-11(13,14)4-1-5-19-7-8-6-9(16(17)18)2-3-10(8)15/h2-3,6H,1,4-5,7,15H2. The van der Waals surface area contributed by atoms with Gasteiger partial charge in [0.2, 0.25) is 0 Å². The Hall–Kier alpha value is -1.83. The van der Waals surface area contributed by atoms with E-state index in [1.165, 1.54) is 18.2 Å². The summed E-state index contributed by atoms with van der Waals surface area (Å²) < 4.78 is 40.6. The summed E-state index contributed by atoms with van der Waals surface area (Å²) in [6.07, 6.45) is -5.27. The normalized spacial score (nSPS) is 11.5. The fourth-order valence-corrected chi connectivity index (χ4v) is 1.39. The van der Waals surface area contributed by atoms with Gasteiger partial charge in [-0.15, -0.1) is 0 Å². The van der Waals surface area contributed by atoms with Gasteiger partial charge in [0.25, 0.3) is 5.69 Å². The van der Waals surface area contributed by atoms with Gasteiger partial charge in [-0.25, -0.2) is 0 Å². The topological polar surface area (TPSA) is 78.4 Å². The third-order valence-corrected chi connectivity index (χ3v) is 2.34. The van der Waals surface area contributed by atoms with Crippen molar-refractivity contribution in [2.45, 2.75) is 25.6 Å². The van der Waals surface area contributed by atoms with Gasteiger partial charge >= 0.3 is 6.18 Å². The lowest BCUT2D eigenvalue weighted by Crippen LogP contribution is -2.09. The van der Waals surface area contributed by atoms with E-state index >= 15 is 0 Å². The molecular weight excluding hydrogens is 265 g/mol. The van der Waals surface area contributed by atoms with E-state index in [1.54, 1.807) is 0 Å². The first-order valence-corrected chi connectivity index (χ1v) is 5.47. The van der Waals surface area contributed by atoms with Crippen LogP contribution in [-0.4, -0.2) is 17.7 Å². The summed E-state index contributed by atoms with van der Waals surface area (Å²) in [5.74, 6) is 0. The van der Waals surface area contributed by atoms with Gasteiger partial charge in [-0.1, -0.05) is 0 Å². The van der Waals surface area contributed by atoms with Crippen LogP contribution in [0.4, 0.5) is 24.5 Å². The molecule has 0 aliphatic carbocycles. The van der Waals surface area contributed by atoms with Crippen molar-refractivity contribution in [3.05, 3.63) is 33.9 Å². The number of nitrogen functional groups attached to an aromatic ring is 1. The number of nitro benzene ring substituents is 1. The first-order chi connectivity index (χ1) is 8.79. The van der Waals surface area contributed by atoms with Gasteiger partial charge in [0.05, 0.1) is 11.5 Å². The molecule has 0 saturated carbocycles. The fraction of sp³-hybridized carbons (Fsp3) is 0.455. The van der Waals surface area contributed by atoms with Crippen molar-refractivity contribution in [2.75, 3.05) is 12.3 Å². The van der Waals surface area contributed by atoms with E-state index in [1.807, 2.05) is 0 Å². The van der Waals surface area contributed by atoms with Crippen molar-refractivity contribution in [2.24, 2.45) is 0 Å². The maximum atomic E-state index is 11.9. The van der Waals surface area contributed by atoms with Gasteiger partial charge in [-0.05, 0) is 12.5 Å². The molecule has 0 unspecified atom stereocenters. The zero-order valence-corrected chi connectivity index (χ0v) is 9.94. The Morgan fingerprint density at radius 2 is 2.05 bits per heavy atom. The molecule has 5 nitrogen and oxygen atoms in total. The summed E-state index contributed by atoms with van der Waals surface area (Å²) in [6.45, 7) is -0.132. The summed E-state index contributed by atoms with van der Waals surface area (Å²) in [5, 5.41) is 10.6. The highest BCUT2D eigenvalue weighted by atomic mass is 19.4. The van der Waals surface area contributed by atoms with E-state index in [0.717, 1.165) is 0 Å². The van der Waals surface area contributed by atoms with Gasteiger partial charge in [-0.3, -0.25) is 10.1 Å². The Balaban J connectivity index is 2.45. The molecule has 1 aromatic carbocycles. The number of nitrogens with two attached hydrogens (primary N) is 1. The highest BCUT2D eigenvalue weighted by Gasteiger charge is 2.25. The van der Waals surface area contributed by atoms with Gasteiger partial charge in [0.1, 0.15) is 0 Å². The summed E-state index contributed by atoms with van der Waals surface area (Å²) >= 11 is 0. The average molecular weight is 278 g/mol. The largest absolute Gasteiger partial charge is 0.398 e. The Morgan fingerprint density at radius 3 is 2.63 bits per heavy atom. The summed E-state index contributed by atoms with van der Waals surface area (Å²) in [4.78, 5) is 9.97. The number of halogens is 3. The van der Waals surface area contributed by atoms with Gasteiger partial charge in [0, 0.05) is 36.4 Å². The van der Waals surface area contributed by atoms with E-state index in [-0.39, 0.29) is 25.3 Å². The van der Waals surface area contributed by atoms with E-state index in [9.17, 15) is 23.3 Å². The van der Waals surface area contributed by atoms with Crippen LogP contribution < -0.4 is 5.73 Å². The van der Waals surface area contributed by atoms with Crippen LogP contribution in [0.3, 0.4) is 0 Å². The third-order valence-electron chi connectivity index (χ3n) is 2.34. The molecule has 0 saturated heterocycles. The monoisotopic (exact) mass is 278 g/mol. The molecule has 0 atom stereocenters. The quantitative estimate of drug-likeness (QED) is 0.375. The highest BCUT2D eigenvalue weighted by molar-refractivity contribution is 5.52. The number of alkyl halides is 3. The van der Waals surface area contributed by atoms with Gasteiger partial charge < -0.3 is 10.5 Å². The van der Waals surface area contributed by atoms with Crippen molar-refractivity contribution in [3.8, 4) is 0 Å². The molecule has 0 aromatic heterocycles. The first-order valence-electron chi connectivity index (χ1n) is 5.47.